The molecule has 3 aromatic rings. The number of rotatable bonds is 5. The van der Waals surface area contributed by atoms with Crippen LogP contribution in [-0.4, -0.2) is 41.5 Å². The van der Waals surface area contributed by atoms with Gasteiger partial charge in [0.05, 0.1) is 26.0 Å². The number of aromatic nitrogens is 1. The van der Waals surface area contributed by atoms with Crippen molar-refractivity contribution >= 4 is 23.0 Å². The highest BCUT2D eigenvalue weighted by atomic mass is 16.5. The number of H-pyrrole nitrogens is 1. The highest BCUT2D eigenvalue weighted by Gasteiger charge is 2.15. The number of carbonyl (C=O) groups excluding carboxylic acids is 1. The fourth-order valence-corrected chi connectivity index (χ4v) is 2.51. The van der Waals surface area contributed by atoms with E-state index in [9.17, 15) is 15.0 Å². The molecule has 0 bridgehead atoms. The van der Waals surface area contributed by atoms with Gasteiger partial charge < -0.3 is 24.7 Å². The van der Waals surface area contributed by atoms with Gasteiger partial charge in [-0.1, -0.05) is 0 Å². The van der Waals surface area contributed by atoms with Crippen LogP contribution in [0.3, 0.4) is 0 Å². The van der Waals surface area contributed by atoms with Crippen LogP contribution < -0.4 is 14.9 Å². The van der Waals surface area contributed by atoms with Crippen molar-refractivity contribution in [3.8, 4) is 23.0 Å². The Hall–Kier alpha value is -3.68. The highest BCUT2D eigenvalue weighted by molar-refractivity contribution is 6.00. The number of hydrazone groups is 1. The molecule has 8 heteroatoms. The molecule has 0 fully saturated rings. The number of methoxy groups -OCH3 is 2. The molecule has 0 spiro atoms. The molecule has 0 radical (unpaired) electrons. The van der Waals surface area contributed by atoms with Crippen molar-refractivity contribution in [2.24, 2.45) is 5.10 Å². The molecule has 0 saturated carbocycles. The molecule has 0 unspecified atom stereocenters. The summed E-state index contributed by atoms with van der Waals surface area (Å²) in [7, 11) is 3.07. The molecular formula is C18H17N3O5. The lowest BCUT2D eigenvalue weighted by atomic mass is 10.2. The number of nitrogens with zero attached hydrogens (tertiary/aromatic N) is 1. The summed E-state index contributed by atoms with van der Waals surface area (Å²) in [6.07, 6.45) is 1.28. The largest absolute Gasteiger partial charge is 0.508 e. The Morgan fingerprint density at radius 1 is 1.15 bits per heavy atom. The van der Waals surface area contributed by atoms with Gasteiger partial charge in [-0.15, -0.1) is 0 Å². The number of aromatic amines is 1. The van der Waals surface area contributed by atoms with E-state index >= 15 is 0 Å². The van der Waals surface area contributed by atoms with Gasteiger partial charge in [0.15, 0.2) is 11.5 Å². The van der Waals surface area contributed by atoms with Gasteiger partial charge in [-0.05, 0) is 30.3 Å². The van der Waals surface area contributed by atoms with Gasteiger partial charge in [0.25, 0.3) is 5.91 Å². The predicted molar refractivity (Wildman–Crippen MR) is 96.2 cm³/mol. The molecule has 0 aliphatic heterocycles. The average Bonchev–Trinajstić information content (AvgIpc) is 3.06. The minimum Gasteiger partial charge on any atom is -0.508 e. The first-order chi connectivity index (χ1) is 12.5. The Balaban J connectivity index is 1.80. The third kappa shape index (κ3) is 3.25. The summed E-state index contributed by atoms with van der Waals surface area (Å²) in [6, 6.07) is 9.22. The number of phenolic OH excluding ortho intramolecular Hbond substituents is 2. The summed E-state index contributed by atoms with van der Waals surface area (Å²) in [5, 5.41) is 23.5. The van der Waals surface area contributed by atoms with E-state index in [1.165, 1.54) is 38.6 Å². The summed E-state index contributed by atoms with van der Waals surface area (Å²) in [6.45, 7) is 0. The lowest BCUT2D eigenvalue weighted by molar-refractivity contribution is 0.0951. The molecule has 8 nitrogen and oxygen atoms in total. The van der Waals surface area contributed by atoms with Gasteiger partial charge in [0.2, 0.25) is 0 Å². The maximum absolute atomic E-state index is 12.3. The molecule has 0 atom stereocenters. The van der Waals surface area contributed by atoms with Crippen LogP contribution >= 0.6 is 0 Å². The normalized spacial score (nSPS) is 11.0. The van der Waals surface area contributed by atoms with Crippen molar-refractivity contribution < 1.29 is 24.5 Å². The van der Waals surface area contributed by atoms with E-state index < -0.39 is 5.91 Å². The third-order valence-corrected chi connectivity index (χ3v) is 3.77. The number of ether oxygens (including phenoxy) is 2. The van der Waals surface area contributed by atoms with Crippen LogP contribution in [0.4, 0.5) is 0 Å². The molecule has 1 aromatic heterocycles. The fraction of sp³-hybridized carbons (Fsp3) is 0.111. The Morgan fingerprint density at radius 2 is 1.96 bits per heavy atom. The second-order valence-electron chi connectivity index (χ2n) is 5.39. The van der Waals surface area contributed by atoms with Gasteiger partial charge in [-0.25, -0.2) is 5.43 Å². The molecule has 0 aliphatic carbocycles. The number of hydrogen-bond donors (Lipinski definition) is 4. The van der Waals surface area contributed by atoms with E-state index in [1.54, 1.807) is 18.2 Å². The fourth-order valence-electron chi connectivity index (χ4n) is 2.51. The van der Waals surface area contributed by atoms with Crippen LogP contribution in [0.5, 0.6) is 23.0 Å². The van der Waals surface area contributed by atoms with Crippen LogP contribution in [0.2, 0.25) is 0 Å². The quantitative estimate of drug-likeness (QED) is 0.414. The number of fused-ring (bicyclic) bond motifs is 1. The molecule has 0 saturated heterocycles. The maximum Gasteiger partial charge on any atom is 0.287 e. The van der Waals surface area contributed by atoms with Gasteiger partial charge in [-0.2, -0.15) is 5.10 Å². The zero-order chi connectivity index (χ0) is 18.7. The summed E-state index contributed by atoms with van der Waals surface area (Å²) >= 11 is 0. The van der Waals surface area contributed by atoms with Crippen LogP contribution in [0.15, 0.2) is 41.5 Å². The van der Waals surface area contributed by atoms with E-state index in [0.29, 0.717) is 33.7 Å². The predicted octanol–water partition coefficient (Wildman–Crippen LogP) is 2.36. The van der Waals surface area contributed by atoms with Gasteiger partial charge in [0, 0.05) is 17.0 Å². The minimum atomic E-state index is -0.461. The molecule has 0 aliphatic rings. The number of amides is 1. The lowest BCUT2D eigenvalue weighted by Crippen LogP contribution is -2.17. The SMILES string of the molecule is COc1ccc2[nH]c(C(=O)N/N=C/c3ccc(O)cc3O)cc2c1OC. The Kier molecular flexibility index (Phi) is 4.66. The second kappa shape index (κ2) is 7.06. The van der Waals surface area contributed by atoms with Crippen molar-refractivity contribution in [1.29, 1.82) is 0 Å². The highest BCUT2D eigenvalue weighted by Crippen LogP contribution is 2.35. The van der Waals surface area contributed by atoms with Crippen molar-refractivity contribution in [3.05, 3.63) is 47.7 Å². The monoisotopic (exact) mass is 355 g/mol. The smallest absolute Gasteiger partial charge is 0.287 e. The molecular weight excluding hydrogens is 338 g/mol. The Labute approximate surface area is 148 Å². The first-order valence-corrected chi connectivity index (χ1v) is 7.62. The lowest BCUT2D eigenvalue weighted by Gasteiger charge is -2.07. The number of nitrogens with one attached hydrogen (secondary N) is 2. The summed E-state index contributed by atoms with van der Waals surface area (Å²) in [5.41, 5.74) is 3.73. The summed E-state index contributed by atoms with van der Waals surface area (Å²) in [5.74, 6) is 0.415. The number of hydrogen-bond acceptors (Lipinski definition) is 6. The van der Waals surface area contributed by atoms with E-state index in [0.717, 1.165) is 0 Å². The Morgan fingerprint density at radius 3 is 2.65 bits per heavy atom. The average molecular weight is 355 g/mol. The van der Waals surface area contributed by atoms with E-state index in [1.807, 2.05) is 0 Å². The number of carbonyl (C=O) groups is 1. The van der Waals surface area contributed by atoms with Crippen LogP contribution in [0.25, 0.3) is 10.9 Å². The molecule has 26 heavy (non-hydrogen) atoms. The van der Waals surface area contributed by atoms with Gasteiger partial charge in [0.1, 0.15) is 17.2 Å². The second-order valence-corrected chi connectivity index (χ2v) is 5.39. The standard InChI is InChI=1S/C18H17N3O5/c1-25-16-6-5-13-12(17(16)26-2)8-14(20-13)18(24)21-19-9-10-3-4-11(22)7-15(10)23/h3-9,20,22-23H,1-2H3,(H,21,24)/b19-9+. The zero-order valence-electron chi connectivity index (χ0n) is 14.1. The van der Waals surface area contributed by atoms with Crippen molar-refractivity contribution in [3.63, 3.8) is 0 Å². The molecule has 1 amide bonds. The topological polar surface area (TPSA) is 116 Å². The summed E-state index contributed by atoms with van der Waals surface area (Å²) in [4.78, 5) is 15.3. The number of benzene rings is 2. The van der Waals surface area contributed by atoms with Crippen molar-refractivity contribution in [2.45, 2.75) is 0 Å². The van der Waals surface area contributed by atoms with E-state index in [2.05, 4.69) is 15.5 Å². The third-order valence-electron chi connectivity index (χ3n) is 3.77. The first-order valence-electron chi connectivity index (χ1n) is 7.62. The van der Waals surface area contributed by atoms with E-state index in [-0.39, 0.29) is 11.5 Å². The van der Waals surface area contributed by atoms with Crippen LogP contribution in [0, 0.1) is 0 Å². The van der Waals surface area contributed by atoms with Crippen molar-refractivity contribution in [1.82, 2.24) is 10.4 Å². The summed E-state index contributed by atoms with van der Waals surface area (Å²) < 4.78 is 10.6. The maximum atomic E-state index is 12.3. The molecule has 134 valence electrons. The molecule has 2 aromatic carbocycles. The van der Waals surface area contributed by atoms with Crippen molar-refractivity contribution in [2.75, 3.05) is 14.2 Å². The van der Waals surface area contributed by atoms with Gasteiger partial charge in [-0.3, -0.25) is 4.79 Å². The van der Waals surface area contributed by atoms with Gasteiger partial charge >= 0.3 is 0 Å². The molecule has 4 N–H and O–H groups in total. The zero-order valence-corrected chi connectivity index (χ0v) is 14.1. The van der Waals surface area contributed by atoms with Crippen LogP contribution in [0.1, 0.15) is 16.1 Å². The molecule has 1 heterocycles. The Bertz CT molecular complexity index is 994. The minimum absolute atomic E-state index is 0.0638. The first kappa shape index (κ1) is 17.2. The number of aromatic hydroxyl groups is 2. The number of phenols is 2. The van der Waals surface area contributed by atoms with Crippen LogP contribution in [-0.2, 0) is 0 Å². The molecule has 3 rings (SSSR count). The van der Waals surface area contributed by atoms with E-state index in [4.69, 9.17) is 9.47 Å².